The number of hydrogen-bond donors (Lipinski definition) is 1. The van der Waals surface area contributed by atoms with Gasteiger partial charge < -0.3 is 0 Å². The third-order valence-corrected chi connectivity index (χ3v) is 4.62. The van der Waals surface area contributed by atoms with Crippen LogP contribution in [0.5, 0.6) is 0 Å². The van der Waals surface area contributed by atoms with Crippen molar-refractivity contribution >= 4 is 28.1 Å². The summed E-state index contributed by atoms with van der Waals surface area (Å²) >= 11 is 0. The molecular weight excluding hydrogens is 386 g/mol. The molecule has 9 heteroatoms. The van der Waals surface area contributed by atoms with Gasteiger partial charge in [-0.25, -0.2) is 10.1 Å². The van der Waals surface area contributed by atoms with E-state index >= 15 is 0 Å². The molecule has 1 N–H and O–H groups in total. The van der Waals surface area contributed by atoms with Crippen LogP contribution in [0.15, 0.2) is 58.4 Å². The van der Waals surface area contributed by atoms with E-state index in [-0.39, 0.29) is 22.7 Å². The molecule has 0 radical (unpaired) electrons. The molecule has 0 atom stereocenters. The lowest BCUT2D eigenvalue weighted by Gasteiger charge is -2.10. The van der Waals surface area contributed by atoms with Gasteiger partial charge in [0.1, 0.15) is 0 Å². The fourth-order valence-electron chi connectivity index (χ4n) is 3.05. The summed E-state index contributed by atoms with van der Waals surface area (Å²) in [4.78, 5) is 36.2. The third kappa shape index (κ3) is 4.24. The van der Waals surface area contributed by atoms with Crippen LogP contribution < -0.4 is 11.0 Å². The van der Waals surface area contributed by atoms with E-state index in [0.29, 0.717) is 22.9 Å². The normalized spacial score (nSPS) is 11.5. The van der Waals surface area contributed by atoms with Gasteiger partial charge in [-0.15, -0.1) is 0 Å². The standard InChI is InChI=1S/C21H21N5O4/c1-3-4-13-25-21(28)17-11-6-5-10-16(17)19(24-25)20(27)23-22-14(2)15-9-7-8-12-18(15)26(29)30/h5-12H,3-4,13H2,1-2H3,(H,23,27)/b22-14-. The van der Waals surface area contributed by atoms with Crippen LogP contribution in [0.3, 0.4) is 0 Å². The molecule has 0 saturated heterocycles. The Balaban J connectivity index is 1.97. The monoisotopic (exact) mass is 407 g/mol. The Labute approximate surface area is 172 Å². The Morgan fingerprint density at radius 3 is 2.53 bits per heavy atom. The highest BCUT2D eigenvalue weighted by Gasteiger charge is 2.18. The summed E-state index contributed by atoms with van der Waals surface area (Å²) in [6.45, 7) is 3.97. The van der Waals surface area contributed by atoms with E-state index < -0.39 is 10.8 Å². The molecule has 9 nitrogen and oxygen atoms in total. The largest absolute Gasteiger partial charge is 0.292 e. The van der Waals surface area contributed by atoms with Gasteiger partial charge in [0.05, 0.1) is 21.6 Å². The average Bonchev–Trinajstić information content (AvgIpc) is 2.76. The molecule has 3 aromatic rings. The number of nitro groups is 1. The number of hydrogen-bond acceptors (Lipinski definition) is 6. The molecule has 0 aliphatic carbocycles. The average molecular weight is 407 g/mol. The van der Waals surface area contributed by atoms with Crippen LogP contribution in [-0.4, -0.2) is 26.3 Å². The summed E-state index contributed by atoms with van der Waals surface area (Å²) in [6.07, 6.45) is 1.63. The number of aryl methyl sites for hydroxylation is 1. The number of amides is 1. The minimum absolute atomic E-state index is 0.0698. The molecule has 2 aromatic carbocycles. The second-order valence-electron chi connectivity index (χ2n) is 6.69. The second kappa shape index (κ2) is 9.08. The first-order valence-electron chi connectivity index (χ1n) is 9.52. The van der Waals surface area contributed by atoms with Crippen LogP contribution in [0.4, 0.5) is 5.69 Å². The molecule has 1 amide bonds. The Hall–Kier alpha value is -3.88. The van der Waals surface area contributed by atoms with Crippen molar-refractivity contribution in [1.29, 1.82) is 0 Å². The van der Waals surface area contributed by atoms with Crippen LogP contribution in [0.25, 0.3) is 10.8 Å². The third-order valence-electron chi connectivity index (χ3n) is 4.62. The summed E-state index contributed by atoms with van der Waals surface area (Å²) in [7, 11) is 0. The number of carbonyl (C=O) groups is 1. The zero-order valence-corrected chi connectivity index (χ0v) is 16.7. The quantitative estimate of drug-likeness (QED) is 0.366. The molecule has 0 saturated carbocycles. The molecule has 154 valence electrons. The SMILES string of the molecule is CCCCn1nc(C(=O)N/N=C(/C)c2ccccc2[N+](=O)[O-])c2ccccc2c1=O. The molecule has 0 aliphatic heterocycles. The van der Waals surface area contributed by atoms with E-state index in [1.165, 1.54) is 10.7 Å². The van der Waals surface area contributed by atoms with E-state index in [9.17, 15) is 19.7 Å². The lowest BCUT2D eigenvalue weighted by atomic mass is 10.1. The summed E-state index contributed by atoms with van der Waals surface area (Å²) in [5, 5.41) is 20.3. The molecule has 0 bridgehead atoms. The first-order valence-corrected chi connectivity index (χ1v) is 9.52. The van der Waals surface area contributed by atoms with Crippen molar-refractivity contribution in [1.82, 2.24) is 15.2 Å². The second-order valence-corrected chi connectivity index (χ2v) is 6.69. The Morgan fingerprint density at radius 1 is 1.17 bits per heavy atom. The highest BCUT2D eigenvalue weighted by atomic mass is 16.6. The number of fused-ring (bicyclic) bond motifs is 1. The number of nitro benzene ring substituents is 1. The molecule has 0 fully saturated rings. The van der Waals surface area contributed by atoms with Gasteiger partial charge >= 0.3 is 0 Å². The van der Waals surface area contributed by atoms with Crippen molar-refractivity contribution in [3.05, 3.63) is 80.3 Å². The van der Waals surface area contributed by atoms with E-state index in [1.807, 2.05) is 6.92 Å². The van der Waals surface area contributed by atoms with Crippen molar-refractivity contribution in [2.75, 3.05) is 0 Å². The number of benzene rings is 2. The Bertz CT molecular complexity index is 1200. The predicted octanol–water partition coefficient (Wildman–Crippen LogP) is 3.26. The Kier molecular flexibility index (Phi) is 6.31. The van der Waals surface area contributed by atoms with Gasteiger partial charge in [-0.05, 0) is 25.5 Å². The van der Waals surface area contributed by atoms with Crippen LogP contribution in [0.2, 0.25) is 0 Å². The molecule has 0 unspecified atom stereocenters. The van der Waals surface area contributed by atoms with Gasteiger partial charge in [0.15, 0.2) is 5.69 Å². The van der Waals surface area contributed by atoms with E-state index in [1.54, 1.807) is 49.4 Å². The maximum absolute atomic E-state index is 12.8. The summed E-state index contributed by atoms with van der Waals surface area (Å²) < 4.78 is 1.29. The number of unbranched alkanes of at least 4 members (excludes halogenated alkanes) is 1. The van der Waals surface area contributed by atoms with Crippen molar-refractivity contribution < 1.29 is 9.72 Å². The first-order chi connectivity index (χ1) is 14.4. The van der Waals surface area contributed by atoms with E-state index in [0.717, 1.165) is 12.8 Å². The number of nitrogens with one attached hydrogen (secondary N) is 1. The van der Waals surface area contributed by atoms with Crippen LogP contribution >= 0.6 is 0 Å². The molecule has 30 heavy (non-hydrogen) atoms. The smallest absolute Gasteiger partial charge is 0.267 e. The maximum atomic E-state index is 12.8. The topological polar surface area (TPSA) is 119 Å². The fourth-order valence-corrected chi connectivity index (χ4v) is 3.05. The zero-order valence-electron chi connectivity index (χ0n) is 16.7. The van der Waals surface area contributed by atoms with Crippen LogP contribution in [0, 0.1) is 10.1 Å². The summed E-state index contributed by atoms with van der Waals surface area (Å²) in [5.41, 5.74) is 2.69. The molecule has 1 aromatic heterocycles. The highest BCUT2D eigenvalue weighted by Crippen LogP contribution is 2.18. The number of hydrazone groups is 1. The lowest BCUT2D eigenvalue weighted by Crippen LogP contribution is -2.29. The summed E-state index contributed by atoms with van der Waals surface area (Å²) in [5.74, 6) is -0.602. The molecular formula is C21H21N5O4. The molecule has 0 spiro atoms. The molecule has 3 rings (SSSR count). The lowest BCUT2D eigenvalue weighted by molar-refractivity contribution is -0.385. The minimum atomic E-state index is -0.602. The molecule has 1 heterocycles. The van der Waals surface area contributed by atoms with Gasteiger partial charge in [0, 0.05) is 18.0 Å². The number of carbonyl (C=O) groups excluding carboxylic acids is 1. The van der Waals surface area contributed by atoms with Crippen molar-refractivity contribution in [3.63, 3.8) is 0 Å². The van der Waals surface area contributed by atoms with Gasteiger partial charge in [-0.3, -0.25) is 19.7 Å². The Morgan fingerprint density at radius 2 is 1.83 bits per heavy atom. The van der Waals surface area contributed by atoms with Crippen LogP contribution in [-0.2, 0) is 6.54 Å². The van der Waals surface area contributed by atoms with Crippen LogP contribution in [0.1, 0.15) is 42.7 Å². The van der Waals surface area contributed by atoms with Gasteiger partial charge in [-0.2, -0.15) is 10.2 Å². The maximum Gasteiger partial charge on any atom is 0.292 e. The molecule has 0 aliphatic rings. The number of para-hydroxylation sites is 1. The fraction of sp³-hybridized carbons (Fsp3) is 0.238. The van der Waals surface area contributed by atoms with Gasteiger partial charge in [0.2, 0.25) is 0 Å². The van der Waals surface area contributed by atoms with Gasteiger partial charge in [-0.1, -0.05) is 43.7 Å². The van der Waals surface area contributed by atoms with Crippen molar-refractivity contribution in [3.8, 4) is 0 Å². The highest BCUT2D eigenvalue weighted by molar-refractivity contribution is 6.06. The minimum Gasteiger partial charge on any atom is -0.267 e. The van der Waals surface area contributed by atoms with E-state index in [4.69, 9.17) is 0 Å². The predicted molar refractivity (Wildman–Crippen MR) is 114 cm³/mol. The van der Waals surface area contributed by atoms with E-state index in [2.05, 4.69) is 15.6 Å². The number of rotatable bonds is 7. The number of nitrogens with zero attached hydrogens (tertiary/aromatic N) is 4. The zero-order chi connectivity index (χ0) is 21.7. The van der Waals surface area contributed by atoms with Crippen molar-refractivity contribution in [2.24, 2.45) is 5.10 Å². The van der Waals surface area contributed by atoms with Gasteiger partial charge in [0.25, 0.3) is 17.2 Å². The van der Waals surface area contributed by atoms with Crippen molar-refractivity contribution in [2.45, 2.75) is 33.2 Å². The first kappa shape index (κ1) is 20.8. The summed E-state index contributed by atoms with van der Waals surface area (Å²) in [6, 6.07) is 12.9. The number of aromatic nitrogens is 2.